The molecule has 0 saturated carbocycles. The molecule has 1 amide bonds. The Labute approximate surface area is 122 Å². The van der Waals surface area contributed by atoms with Crippen LogP contribution in [0.2, 0.25) is 0 Å². The van der Waals surface area contributed by atoms with E-state index >= 15 is 0 Å². The van der Waals surface area contributed by atoms with Crippen LogP contribution in [0.3, 0.4) is 0 Å². The number of benzene rings is 1. The normalized spacial score (nSPS) is 14.3. The molecule has 0 bridgehead atoms. The Balaban J connectivity index is 1.73. The van der Waals surface area contributed by atoms with Crippen molar-refractivity contribution < 1.29 is 14.3 Å². The van der Waals surface area contributed by atoms with E-state index in [9.17, 15) is 4.79 Å². The Bertz CT molecular complexity index is 643. The fourth-order valence-electron chi connectivity index (χ4n) is 2.20. The standard InChI is InChI=1S/C16H16N2O3/c1-11(18-16(19)12-4-6-17-7-5-12)13-2-3-14-15(10-13)21-9-8-20-14/h2-7,10-11H,8-9H2,1H3,(H,18,19). The van der Waals surface area contributed by atoms with E-state index in [1.807, 2.05) is 25.1 Å². The van der Waals surface area contributed by atoms with Crippen molar-refractivity contribution in [2.45, 2.75) is 13.0 Å². The average molecular weight is 284 g/mol. The summed E-state index contributed by atoms with van der Waals surface area (Å²) in [6.07, 6.45) is 3.20. The third-order valence-corrected chi connectivity index (χ3v) is 3.36. The average Bonchev–Trinajstić information content (AvgIpc) is 2.55. The molecular weight excluding hydrogens is 268 g/mol. The van der Waals surface area contributed by atoms with E-state index in [1.165, 1.54) is 0 Å². The van der Waals surface area contributed by atoms with Gasteiger partial charge in [-0.25, -0.2) is 0 Å². The number of hydrogen-bond acceptors (Lipinski definition) is 4. The topological polar surface area (TPSA) is 60.5 Å². The second-order valence-electron chi connectivity index (χ2n) is 4.83. The molecule has 5 nitrogen and oxygen atoms in total. The van der Waals surface area contributed by atoms with Crippen molar-refractivity contribution in [3.05, 3.63) is 53.9 Å². The summed E-state index contributed by atoms with van der Waals surface area (Å²) in [5.74, 6) is 1.35. The Morgan fingerprint density at radius 3 is 2.62 bits per heavy atom. The summed E-state index contributed by atoms with van der Waals surface area (Å²) in [5, 5.41) is 2.96. The second kappa shape index (κ2) is 5.83. The summed E-state index contributed by atoms with van der Waals surface area (Å²) in [7, 11) is 0. The van der Waals surface area contributed by atoms with E-state index in [0.717, 1.165) is 17.1 Å². The maximum absolute atomic E-state index is 12.1. The highest BCUT2D eigenvalue weighted by Crippen LogP contribution is 2.32. The van der Waals surface area contributed by atoms with Gasteiger partial charge in [-0.05, 0) is 36.8 Å². The molecule has 0 radical (unpaired) electrons. The molecule has 1 aromatic heterocycles. The number of carbonyl (C=O) groups excluding carboxylic acids is 1. The van der Waals surface area contributed by atoms with Crippen molar-refractivity contribution in [3.63, 3.8) is 0 Å². The fraction of sp³-hybridized carbons (Fsp3) is 0.250. The van der Waals surface area contributed by atoms with Crippen LogP contribution in [0, 0.1) is 0 Å². The first-order valence-corrected chi connectivity index (χ1v) is 6.84. The number of pyridine rings is 1. The van der Waals surface area contributed by atoms with Gasteiger partial charge in [0.15, 0.2) is 11.5 Å². The number of hydrogen-bond donors (Lipinski definition) is 1. The van der Waals surface area contributed by atoms with Gasteiger partial charge in [-0.15, -0.1) is 0 Å². The van der Waals surface area contributed by atoms with Crippen LogP contribution >= 0.6 is 0 Å². The Hall–Kier alpha value is -2.56. The SMILES string of the molecule is CC(NC(=O)c1ccncc1)c1ccc2c(c1)OCCO2. The molecule has 2 aromatic rings. The maximum atomic E-state index is 12.1. The molecule has 2 heterocycles. The highest BCUT2D eigenvalue weighted by atomic mass is 16.6. The molecule has 1 aliphatic heterocycles. The van der Waals surface area contributed by atoms with Crippen LogP contribution < -0.4 is 14.8 Å². The fourth-order valence-corrected chi connectivity index (χ4v) is 2.20. The van der Waals surface area contributed by atoms with E-state index in [1.54, 1.807) is 24.5 Å². The van der Waals surface area contributed by atoms with Crippen LogP contribution in [0.1, 0.15) is 28.9 Å². The lowest BCUT2D eigenvalue weighted by Gasteiger charge is -2.21. The summed E-state index contributed by atoms with van der Waals surface area (Å²) in [4.78, 5) is 16.0. The van der Waals surface area contributed by atoms with Crippen molar-refractivity contribution in [2.24, 2.45) is 0 Å². The van der Waals surface area contributed by atoms with E-state index in [0.29, 0.717) is 18.8 Å². The van der Waals surface area contributed by atoms with E-state index in [2.05, 4.69) is 10.3 Å². The molecule has 0 aliphatic carbocycles. The Morgan fingerprint density at radius 2 is 1.86 bits per heavy atom. The Kier molecular flexibility index (Phi) is 3.73. The summed E-state index contributed by atoms with van der Waals surface area (Å²) in [5.41, 5.74) is 1.57. The number of nitrogens with one attached hydrogen (secondary N) is 1. The molecule has 21 heavy (non-hydrogen) atoms. The molecule has 0 saturated heterocycles. The Morgan fingerprint density at radius 1 is 1.14 bits per heavy atom. The van der Waals surface area contributed by atoms with Gasteiger partial charge in [0, 0.05) is 18.0 Å². The molecule has 1 N–H and O–H groups in total. The molecule has 1 unspecified atom stereocenters. The van der Waals surface area contributed by atoms with Gasteiger partial charge in [0.1, 0.15) is 13.2 Å². The van der Waals surface area contributed by atoms with Crippen molar-refractivity contribution >= 4 is 5.91 Å². The number of ether oxygens (including phenoxy) is 2. The lowest BCUT2D eigenvalue weighted by molar-refractivity contribution is 0.0939. The van der Waals surface area contributed by atoms with Gasteiger partial charge < -0.3 is 14.8 Å². The van der Waals surface area contributed by atoms with Crippen molar-refractivity contribution in [1.82, 2.24) is 10.3 Å². The molecule has 1 aromatic carbocycles. The zero-order valence-corrected chi connectivity index (χ0v) is 11.7. The van der Waals surface area contributed by atoms with Gasteiger partial charge in [-0.2, -0.15) is 0 Å². The third-order valence-electron chi connectivity index (χ3n) is 3.36. The van der Waals surface area contributed by atoms with Gasteiger partial charge in [0.05, 0.1) is 6.04 Å². The smallest absolute Gasteiger partial charge is 0.251 e. The molecule has 1 atom stereocenters. The number of amides is 1. The highest BCUT2D eigenvalue weighted by Gasteiger charge is 2.16. The molecule has 108 valence electrons. The van der Waals surface area contributed by atoms with Crippen LogP contribution in [-0.2, 0) is 0 Å². The number of nitrogens with zero attached hydrogens (tertiary/aromatic N) is 1. The zero-order chi connectivity index (χ0) is 14.7. The van der Waals surface area contributed by atoms with E-state index in [4.69, 9.17) is 9.47 Å². The summed E-state index contributed by atoms with van der Waals surface area (Å²) >= 11 is 0. The number of fused-ring (bicyclic) bond motifs is 1. The van der Waals surface area contributed by atoms with Gasteiger partial charge in [-0.1, -0.05) is 6.07 Å². The minimum absolute atomic E-state index is 0.124. The first-order chi connectivity index (χ1) is 10.2. The highest BCUT2D eigenvalue weighted by molar-refractivity contribution is 5.94. The minimum Gasteiger partial charge on any atom is -0.486 e. The summed E-state index contributed by atoms with van der Waals surface area (Å²) < 4.78 is 11.0. The minimum atomic E-state index is -0.125. The molecule has 3 rings (SSSR count). The van der Waals surface area contributed by atoms with Crippen LogP contribution in [0.25, 0.3) is 0 Å². The van der Waals surface area contributed by atoms with Crippen LogP contribution in [0.15, 0.2) is 42.7 Å². The predicted octanol–water partition coefficient (Wildman–Crippen LogP) is 2.34. The van der Waals surface area contributed by atoms with Crippen LogP contribution in [0.4, 0.5) is 0 Å². The number of rotatable bonds is 3. The summed E-state index contributed by atoms with van der Waals surface area (Å²) in [6, 6.07) is 8.97. The first-order valence-electron chi connectivity index (χ1n) is 6.84. The van der Waals surface area contributed by atoms with Gasteiger partial charge >= 0.3 is 0 Å². The molecule has 1 aliphatic rings. The maximum Gasteiger partial charge on any atom is 0.251 e. The molecule has 5 heteroatoms. The van der Waals surface area contributed by atoms with Crippen LogP contribution in [-0.4, -0.2) is 24.1 Å². The van der Waals surface area contributed by atoms with Gasteiger partial charge in [-0.3, -0.25) is 9.78 Å². The van der Waals surface area contributed by atoms with Crippen molar-refractivity contribution in [1.29, 1.82) is 0 Å². The molecular formula is C16H16N2O3. The second-order valence-corrected chi connectivity index (χ2v) is 4.83. The number of carbonyl (C=O) groups is 1. The van der Waals surface area contributed by atoms with Gasteiger partial charge in [0.25, 0.3) is 5.91 Å². The molecule has 0 fully saturated rings. The number of aromatic nitrogens is 1. The third kappa shape index (κ3) is 2.97. The monoisotopic (exact) mass is 284 g/mol. The van der Waals surface area contributed by atoms with Gasteiger partial charge in [0.2, 0.25) is 0 Å². The lowest BCUT2D eigenvalue weighted by atomic mass is 10.1. The predicted molar refractivity (Wildman–Crippen MR) is 77.6 cm³/mol. The zero-order valence-electron chi connectivity index (χ0n) is 11.7. The quantitative estimate of drug-likeness (QED) is 0.939. The first kappa shape index (κ1) is 13.4. The van der Waals surface area contributed by atoms with Crippen molar-refractivity contribution in [2.75, 3.05) is 13.2 Å². The van der Waals surface area contributed by atoms with E-state index < -0.39 is 0 Å². The van der Waals surface area contributed by atoms with Crippen LogP contribution in [0.5, 0.6) is 11.5 Å². The largest absolute Gasteiger partial charge is 0.486 e. The van der Waals surface area contributed by atoms with Crippen molar-refractivity contribution in [3.8, 4) is 11.5 Å². The van der Waals surface area contributed by atoms with E-state index in [-0.39, 0.29) is 11.9 Å². The molecule has 0 spiro atoms. The summed E-state index contributed by atoms with van der Waals surface area (Å²) in [6.45, 7) is 3.05. The lowest BCUT2D eigenvalue weighted by Crippen LogP contribution is -2.26.